The van der Waals surface area contributed by atoms with Gasteiger partial charge in [-0.3, -0.25) is 4.99 Å². The summed E-state index contributed by atoms with van der Waals surface area (Å²) in [5, 5.41) is 0. The van der Waals surface area contributed by atoms with E-state index in [0.717, 1.165) is 13.1 Å². The molecule has 2 N–H and O–H groups in total. The number of ether oxygens (including phenoxy) is 1. The number of nitrogens with zero attached hydrogens (tertiary/aromatic N) is 2. The molecule has 0 aliphatic carbocycles. The number of hydrogen-bond donors (Lipinski definition) is 1. The van der Waals surface area contributed by atoms with Crippen LogP contribution in [0.25, 0.3) is 0 Å². The first-order chi connectivity index (χ1) is 9.67. The van der Waals surface area contributed by atoms with Crippen LogP contribution in [-0.2, 0) is 11.3 Å². The van der Waals surface area contributed by atoms with Crippen LogP contribution in [0.4, 0.5) is 0 Å². The molecule has 0 aliphatic rings. The van der Waals surface area contributed by atoms with E-state index in [1.54, 1.807) is 0 Å². The van der Waals surface area contributed by atoms with Gasteiger partial charge in [-0.25, -0.2) is 0 Å². The molecular weight excluding hydrogens is 377 g/mol. The van der Waals surface area contributed by atoms with Crippen LogP contribution in [0.15, 0.2) is 35.3 Å². The SMILES string of the molecule is CCN(CC)C(N)=NCC(C)COCc1ccccc1.I. The van der Waals surface area contributed by atoms with Gasteiger partial charge in [0.05, 0.1) is 13.2 Å². The Balaban J connectivity index is 0.00000400. The van der Waals surface area contributed by atoms with Gasteiger partial charge in [0, 0.05) is 19.6 Å². The van der Waals surface area contributed by atoms with Gasteiger partial charge in [0.15, 0.2) is 5.96 Å². The van der Waals surface area contributed by atoms with E-state index in [9.17, 15) is 0 Å². The molecule has 1 unspecified atom stereocenters. The number of nitrogens with two attached hydrogens (primary N) is 1. The standard InChI is InChI=1S/C16H27N3O.HI/c1-4-19(5-2)16(17)18-11-14(3)12-20-13-15-9-7-6-8-10-15;/h6-10,14H,4-5,11-13H2,1-3H3,(H2,17,18);1H. The van der Waals surface area contributed by atoms with Crippen molar-refractivity contribution in [1.82, 2.24) is 4.90 Å². The maximum absolute atomic E-state index is 5.94. The summed E-state index contributed by atoms with van der Waals surface area (Å²) in [7, 11) is 0. The van der Waals surface area contributed by atoms with Crippen molar-refractivity contribution in [1.29, 1.82) is 0 Å². The van der Waals surface area contributed by atoms with Crippen molar-refractivity contribution < 1.29 is 4.74 Å². The number of guanidine groups is 1. The van der Waals surface area contributed by atoms with Gasteiger partial charge in [0.25, 0.3) is 0 Å². The third-order valence-corrected chi connectivity index (χ3v) is 3.17. The first-order valence-electron chi connectivity index (χ1n) is 7.33. The van der Waals surface area contributed by atoms with Gasteiger partial charge in [0.1, 0.15) is 0 Å². The highest BCUT2D eigenvalue weighted by molar-refractivity contribution is 14.0. The van der Waals surface area contributed by atoms with Crippen LogP contribution in [-0.4, -0.2) is 37.1 Å². The van der Waals surface area contributed by atoms with E-state index < -0.39 is 0 Å². The van der Waals surface area contributed by atoms with E-state index in [1.807, 2.05) is 18.2 Å². The van der Waals surface area contributed by atoms with Gasteiger partial charge in [-0.2, -0.15) is 0 Å². The highest BCUT2D eigenvalue weighted by atomic mass is 127. The van der Waals surface area contributed by atoms with Crippen molar-refractivity contribution >= 4 is 29.9 Å². The lowest BCUT2D eigenvalue weighted by atomic mass is 10.2. The molecule has 1 atom stereocenters. The lowest BCUT2D eigenvalue weighted by molar-refractivity contribution is 0.0944. The molecule has 1 aromatic carbocycles. The predicted molar refractivity (Wildman–Crippen MR) is 100 cm³/mol. The first kappa shape index (κ1) is 20.2. The molecule has 5 heteroatoms. The summed E-state index contributed by atoms with van der Waals surface area (Å²) >= 11 is 0. The first-order valence-corrected chi connectivity index (χ1v) is 7.33. The van der Waals surface area contributed by atoms with Crippen LogP contribution in [0.3, 0.4) is 0 Å². The fraction of sp³-hybridized carbons (Fsp3) is 0.562. The molecule has 1 aromatic rings. The molecule has 0 radical (unpaired) electrons. The van der Waals surface area contributed by atoms with Crippen LogP contribution in [0.5, 0.6) is 0 Å². The summed E-state index contributed by atoms with van der Waals surface area (Å²) in [6.07, 6.45) is 0. The molecule has 0 saturated heterocycles. The van der Waals surface area contributed by atoms with Crippen molar-refractivity contribution in [2.45, 2.75) is 27.4 Å². The van der Waals surface area contributed by atoms with Crippen molar-refractivity contribution in [2.75, 3.05) is 26.2 Å². The van der Waals surface area contributed by atoms with Crippen LogP contribution >= 0.6 is 24.0 Å². The lowest BCUT2D eigenvalue weighted by Gasteiger charge is -2.20. The molecule has 120 valence electrons. The molecule has 21 heavy (non-hydrogen) atoms. The number of aliphatic imine (C=N–C) groups is 1. The summed E-state index contributed by atoms with van der Waals surface area (Å²) in [5.41, 5.74) is 7.14. The highest BCUT2D eigenvalue weighted by Crippen LogP contribution is 2.04. The summed E-state index contributed by atoms with van der Waals surface area (Å²) in [4.78, 5) is 6.49. The Labute approximate surface area is 145 Å². The third kappa shape index (κ3) is 8.26. The smallest absolute Gasteiger partial charge is 0.191 e. The fourth-order valence-electron chi connectivity index (χ4n) is 1.90. The van der Waals surface area contributed by atoms with Crippen molar-refractivity contribution in [3.8, 4) is 0 Å². The van der Waals surface area contributed by atoms with E-state index >= 15 is 0 Å². The topological polar surface area (TPSA) is 50.8 Å². The van der Waals surface area contributed by atoms with Crippen LogP contribution in [0, 0.1) is 5.92 Å². The van der Waals surface area contributed by atoms with Gasteiger partial charge >= 0.3 is 0 Å². The maximum Gasteiger partial charge on any atom is 0.191 e. The number of benzene rings is 1. The molecular formula is C16H28IN3O. The Morgan fingerprint density at radius 2 is 1.86 bits per heavy atom. The maximum atomic E-state index is 5.94. The number of halogens is 1. The van der Waals surface area contributed by atoms with Gasteiger partial charge in [0.2, 0.25) is 0 Å². The molecule has 0 aromatic heterocycles. The normalized spacial score (nSPS) is 12.6. The summed E-state index contributed by atoms with van der Waals surface area (Å²) in [6.45, 7) is 10.1. The van der Waals surface area contributed by atoms with E-state index in [2.05, 4.69) is 42.8 Å². The molecule has 0 fully saturated rings. The Hall–Kier alpha value is -0.820. The second-order valence-corrected chi connectivity index (χ2v) is 4.98. The minimum Gasteiger partial charge on any atom is -0.376 e. The minimum absolute atomic E-state index is 0. The second-order valence-electron chi connectivity index (χ2n) is 4.98. The van der Waals surface area contributed by atoms with E-state index in [1.165, 1.54) is 5.56 Å². The van der Waals surface area contributed by atoms with Gasteiger partial charge in [-0.1, -0.05) is 37.3 Å². The molecule has 0 heterocycles. The van der Waals surface area contributed by atoms with E-state index in [0.29, 0.717) is 31.6 Å². The zero-order valence-electron chi connectivity index (χ0n) is 13.3. The minimum atomic E-state index is 0. The number of rotatable bonds is 8. The second kappa shape index (κ2) is 11.8. The van der Waals surface area contributed by atoms with Crippen LogP contribution in [0.1, 0.15) is 26.3 Å². The zero-order valence-corrected chi connectivity index (χ0v) is 15.6. The van der Waals surface area contributed by atoms with Crippen molar-refractivity contribution in [2.24, 2.45) is 16.6 Å². The fourth-order valence-corrected chi connectivity index (χ4v) is 1.90. The van der Waals surface area contributed by atoms with E-state index in [-0.39, 0.29) is 24.0 Å². The summed E-state index contributed by atoms with van der Waals surface area (Å²) < 4.78 is 5.70. The Morgan fingerprint density at radius 3 is 2.43 bits per heavy atom. The van der Waals surface area contributed by atoms with Gasteiger partial charge in [-0.15, -0.1) is 24.0 Å². The quantitative estimate of drug-likeness (QED) is 0.411. The molecule has 0 bridgehead atoms. The average Bonchev–Trinajstić information content (AvgIpc) is 2.47. The van der Waals surface area contributed by atoms with Gasteiger partial charge < -0.3 is 15.4 Å². The average molecular weight is 405 g/mol. The summed E-state index contributed by atoms with van der Waals surface area (Å²) in [5.74, 6) is 0.998. The molecule has 0 aliphatic heterocycles. The van der Waals surface area contributed by atoms with Crippen molar-refractivity contribution in [3.63, 3.8) is 0 Å². The van der Waals surface area contributed by atoms with Gasteiger partial charge in [-0.05, 0) is 25.3 Å². The molecule has 0 amide bonds. The highest BCUT2D eigenvalue weighted by Gasteiger charge is 2.05. The largest absolute Gasteiger partial charge is 0.376 e. The van der Waals surface area contributed by atoms with Crippen molar-refractivity contribution in [3.05, 3.63) is 35.9 Å². The molecule has 4 nitrogen and oxygen atoms in total. The molecule has 0 spiro atoms. The van der Waals surface area contributed by atoms with Crippen LogP contribution in [0.2, 0.25) is 0 Å². The summed E-state index contributed by atoms with van der Waals surface area (Å²) in [6, 6.07) is 10.2. The molecule has 1 rings (SSSR count). The molecule has 0 saturated carbocycles. The lowest BCUT2D eigenvalue weighted by Crippen LogP contribution is -2.37. The Morgan fingerprint density at radius 1 is 1.24 bits per heavy atom. The zero-order chi connectivity index (χ0) is 14.8. The van der Waals surface area contributed by atoms with E-state index in [4.69, 9.17) is 10.5 Å². The Bertz CT molecular complexity index is 394. The number of hydrogen-bond acceptors (Lipinski definition) is 2. The monoisotopic (exact) mass is 405 g/mol. The Kier molecular flexibility index (Phi) is 11.3. The predicted octanol–water partition coefficient (Wildman–Crippen LogP) is 3.11. The third-order valence-electron chi connectivity index (χ3n) is 3.17. The van der Waals surface area contributed by atoms with Crippen LogP contribution < -0.4 is 5.73 Å².